The SMILES string of the molecule is Cc1nc(Cl)c2ccn(C3C=C(CO)CC3)c2n1. The molecular weight excluding hydrogens is 250 g/mol. The Morgan fingerprint density at radius 3 is 3.06 bits per heavy atom. The van der Waals surface area contributed by atoms with Crippen molar-refractivity contribution in [1.29, 1.82) is 0 Å². The second-order valence-corrected chi connectivity index (χ2v) is 4.97. The van der Waals surface area contributed by atoms with Crippen LogP contribution in [0.2, 0.25) is 5.15 Å². The summed E-state index contributed by atoms with van der Waals surface area (Å²) in [6, 6.07) is 2.21. The van der Waals surface area contributed by atoms with Crippen LogP contribution in [0.15, 0.2) is 23.9 Å². The van der Waals surface area contributed by atoms with Crippen LogP contribution in [0, 0.1) is 6.92 Å². The van der Waals surface area contributed by atoms with Gasteiger partial charge in [0, 0.05) is 6.20 Å². The van der Waals surface area contributed by atoms with Crippen molar-refractivity contribution in [2.75, 3.05) is 6.61 Å². The first-order chi connectivity index (χ1) is 8.69. The molecular formula is C13H14ClN3O. The number of aliphatic hydroxyl groups is 1. The first-order valence-corrected chi connectivity index (χ1v) is 6.38. The minimum atomic E-state index is 0.143. The monoisotopic (exact) mass is 263 g/mol. The number of aryl methyl sites for hydroxylation is 1. The molecule has 0 aromatic carbocycles. The molecule has 0 amide bonds. The molecule has 0 bridgehead atoms. The molecule has 94 valence electrons. The van der Waals surface area contributed by atoms with Crippen molar-refractivity contribution in [3.05, 3.63) is 34.9 Å². The van der Waals surface area contributed by atoms with Gasteiger partial charge in [0.15, 0.2) is 0 Å². The number of fused-ring (bicyclic) bond motifs is 1. The van der Waals surface area contributed by atoms with E-state index in [4.69, 9.17) is 16.7 Å². The van der Waals surface area contributed by atoms with Crippen molar-refractivity contribution in [3.8, 4) is 0 Å². The van der Waals surface area contributed by atoms with Crippen molar-refractivity contribution in [2.24, 2.45) is 0 Å². The number of rotatable bonds is 2. The van der Waals surface area contributed by atoms with Crippen LogP contribution in [0.4, 0.5) is 0 Å². The van der Waals surface area contributed by atoms with Crippen LogP contribution < -0.4 is 0 Å². The lowest BCUT2D eigenvalue weighted by molar-refractivity contribution is 0.328. The lowest BCUT2D eigenvalue weighted by Crippen LogP contribution is -2.04. The quantitative estimate of drug-likeness (QED) is 0.669. The van der Waals surface area contributed by atoms with E-state index in [1.807, 2.05) is 19.2 Å². The average molecular weight is 264 g/mol. The van der Waals surface area contributed by atoms with Gasteiger partial charge in [-0.1, -0.05) is 17.7 Å². The van der Waals surface area contributed by atoms with E-state index in [-0.39, 0.29) is 12.6 Å². The second kappa shape index (κ2) is 4.37. The molecule has 0 fully saturated rings. The average Bonchev–Trinajstić information content (AvgIpc) is 2.93. The maximum absolute atomic E-state index is 9.16. The van der Waals surface area contributed by atoms with E-state index in [9.17, 15) is 0 Å². The molecule has 2 heterocycles. The number of aromatic nitrogens is 3. The van der Waals surface area contributed by atoms with Gasteiger partial charge in [-0.3, -0.25) is 0 Å². The van der Waals surface area contributed by atoms with E-state index in [0.29, 0.717) is 11.0 Å². The number of aliphatic hydroxyl groups excluding tert-OH is 1. The highest BCUT2D eigenvalue weighted by atomic mass is 35.5. The van der Waals surface area contributed by atoms with E-state index in [1.165, 1.54) is 0 Å². The van der Waals surface area contributed by atoms with Crippen LogP contribution in [-0.2, 0) is 0 Å². The molecule has 18 heavy (non-hydrogen) atoms. The normalized spacial score (nSPS) is 19.5. The molecule has 1 aliphatic carbocycles. The van der Waals surface area contributed by atoms with Crippen LogP contribution in [0.5, 0.6) is 0 Å². The molecule has 3 rings (SSSR count). The Morgan fingerprint density at radius 2 is 2.33 bits per heavy atom. The summed E-state index contributed by atoms with van der Waals surface area (Å²) in [6.07, 6.45) is 6.05. The molecule has 1 unspecified atom stereocenters. The standard InChI is InChI=1S/C13H14ClN3O/c1-8-15-12(14)11-4-5-17(13(11)16-8)10-3-2-9(6-10)7-18/h4-6,10,18H,2-3,7H2,1H3. The van der Waals surface area contributed by atoms with E-state index in [0.717, 1.165) is 29.4 Å². The van der Waals surface area contributed by atoms with Crippen molar-refractivity contribution < 1.29 is 5.11 Å². The van der Waals surface area contributed by atoms with Crippen molar-refractivity contribution in [2.45, 2.75) is 25.8 Å². The summed E-state index contributed by atoms with van der Waals surface area (Å²) in [5.41, 5.74) is 1.96. The maximum Gasteiger partial charge on any atom is 0.145 e. The molecule has 0 saturated carbocycles. The van der Waals surface area contributed by atoms with E-state index in [1.54, 1.807) is 0 Å². The Labute approximate surface area is 110 Å². The zero-order valence-electron chi connectivity index (χ0n) is 10.1. The highest BCUT2D eigenvalue weighted by Gasteiger charge is 2.19. The van der Waals surface area contributed by atoms with Gasteiger partial charge in [0.05, 0.1) is 18.0 Å². The molecule has 1 atom stereocenters. The van der Waals surface area contributed by atoms with Gasteiger partial charge in [-0.15, -0.1) is 0 Å². The largest absolute Gasteiger partial charge is 0.392 e. The summed E-state index contributed by atoms with van der Waals surface area (Å²) in [5, 5.41) is 10.5. The number of allylic oxidation sites excluding steroid dienone is 1. The summed E-state index contributed by atoms with van der Waals surface area (Å²) in [5.74, 6) is 0.678. The van der Waals surface area contributed by atoms with Crippen LogP contribution in [0.25, 0.3) is 11.0 Å². The van der Waals surface area contributed by atoms with Crippen LogP contribution in [-0.4, -0.2) is 26.2 Å². The number of nitrogens with zero attached hydrogens (tertiary/aromatic N) is 3. The van der Waals surface area contributed by atoms with Gasteiger partial charge in [-0.05, 0) is 31.4 Å². The highest BCUT2D eigenvalue weighted by Crippen LogP contribution is 2.32. The third-order valence-electron chi connectivity index (χ3n) is 3.39. The summed E-state index contributed by atoms with van der Waals surface area (Å²) in [6.45, 7) is 1.98. The van der Waals surface area contributed by atoms with Crippen molar-refractivity contribution >= 4 is 22.6 Å². The van der Waals surface area contributed by atoms with Crippen LogP contribution in [0.3, 0.4) is 0 Å². The molecule has 1 N–H and O–H groups in total. The molecule has 0 aliphatic heterocycles. The van der Waals surface area contributed by atoms with Gasteiger partial charge in [-0.25, -0.2) is 9.97 Å². The molecule has 4 nitrogen and oxygen atoms in total. The lowest BCUT2D eigenvalue weighted by atomic mass is 10.2. The summed E-state index contributed by atoms with van der Waals surface area (Å²) in [4.78, 5) is 8.63. The van der Waals surface area contributed by atoms with E-state index in [2.05, 4.69) is 20.6 Å². The van der Waals surface area contributed by atoms with Crippen LogP contribution in [0.1, 0.15) is 24.7 Å². The number of hydrogen-bond donors (Lipinski definition) is 1. The highest BCUT2D eigenvalue weighted by molar-refractivity contribution is 6.33. The molecule has 2 aromatic rings. The van der Waals surface area contributed by atoms with Gasteiger partial charge >= 0.3 is 0 Å². The van der Waals surface area contributed by atoms with Gasteiger partial charge < -0.3 is 9.67 Å². The predicted octanol–water partition coefficient (Wildman–Crippen LogP) is 2.65. The summed E-state index contributed by atoms with van der Waals surface area (Å²) < 4.78 is 2.11. The third kappa shape index (κ3) is 1.82. The lowest BCUT2D eigenvalue weighted by Gasteiger charge is -2.11. The van der Waals surface area contributed by atoms with Gasteiger partial charge in [0.2, 0.25) is 0 Å². The molecule has 0 spiro atoms. The molecule has 5 heteroatoms. The maximum atomic E-state index is 9.16. The van der Waals surface area contributed by atoms with Gasteiger partial charge in [0.1, 0.15) is 16.6 Å². The van der Waals surface area contributed by atoms with E-state index < -0.39 is 0 Å². The molecule has 1 aliphatic rings. The Balaban J connectivity index is 2.11. The molecule has 0 saturated heterocycles. The fraction of sp³-hybridized carbons (Fsp3) is 0.385. The Hall–Kier alpha value is -1.39. The van der Waals surface area contributed by atoms with Gasteiger partial charge in [0.25, 0.3) is 0 Å². The summed E-state index contributed by atoms with van der Waals surface area (Å²) >= 11 is 6.12. The zero-order chi connectivity index (χ0) is 12.7. The zero-order valence-corrected chi connectivity index (χ0v) is 10.9. The summed E-state index contributed by atoms with van der Waals surface area (Å²) in [7, 11) is 0. The Kier molecular flexibility index (Phi) is 2.84. The second-order valence-electron chi connectivity index (χ2n) is 4.61. The predicted molar refractivity (Wildman–Crippen MR) is 70.7 cm³/mol. The van der Waals surface area contributed by atoms with Crippen molar-refractivity contribution in [3.63, 3.8) is 0 Å². The van der Waals surface area contributed by atoms with Crippen molar-refractivity contribution in [1.82, 2.24) is 14.5 Å². The fourth-order valence-corrected chi connectivity index (χ4v) is 2.76. The third-order valence-corrected chi connectivity index (χ3v) is 3.68. The fourth-order valence-electron chi connectivity index (χ4n) is 2.49. The number of halogens is 1. The van der Waals surface area contributed by atoms with E-state index >= 15 is 0 Å². The number of hydrogen-bond acceptors (Lipinski definition) is 3. The first-order valence-electron chi connectivity index (χ1n) is 6.00. The van der Waals surface area contributed by atoms with Crippen LogP contribution >= 0.6 is 11.6 Å². The van der Waals surface area contributed by atoms with Gasteiger partial charge in [-0.2, -0.15) is 0 Å². The molecule has 0 radical (unpaired) electrons. The smallest absolute Gasteiger partial charge is 0.145 e. The minimum absolute atomic E-state index is 0.143. The Bertz CT molecular complexity index is 632. The first kappa shape index (κ1) is 11.7. The minimum Gasteiger partial charge on any atom is -0.392 e. The molecule has 2 aromatic heterocycles. The topological polar surface area (TPSA) is 50.9 Å². The Morgan fingerprint density at radius 1 is 1.50 bits per heavy atom.